The highest BCUT2D eigenvalue weighted by molar-refractivity contribution is 5.96. The molecule has 1 aromatic carbocycles. The van der Waals surface area contributed by atoms with E-state index in [1.54, 1.807) is 12.1 Å². The quantitative estimate of drug-likeness (QED) is 0.454. The summed E-state index contributed by atoms with van der Waals surface area (Å²) in [7, 11) is 0. The van der Waals surface area contributed by atoms with E-state index in [-0.39, 0.29) is 5.91 Å². The number of carbonyl (C=O) groups is 2. The second-order valence-corrected chi connectivity index (χ2v) is 4.68. The molecule has 0 saturated carbocycles. The fourth-order valence-electron chi connectivity index (χ4n) is 1.86. The van der Waals surface area contributed by atoms with Crippen LogP contribution in [0.4, 0.5) is 10.5 Å². The summed E-state index contributed by atoms with van der Waals surface area (Å²) in [5.41, 5.74) is 12.5. The van der Waals surface area contributed by atoms with E-state index in [2.05, 4.69) is 10.6 Å². The van der Waals surface area contributed by atoms with E-state index in [0.29, 0.717) is 31.6 Å². The van der Waals surface area contributed by atoms with Crippen LogP contribution >= 0.6 is 0 Å². The molecule has 7 N–H and O–H groups in total. The Kier molecular flexibility index (Phi) is 7.20. The molecule has 0 heterocycles. The van der Waals surface area contributed by atoms with Crippen LogP contribution in [0.5, 0.6) is 0 Å². The topological polar surface area (TPSA) is 130 Å². The molecular formula is C14H22N4O3. The van der Waals surface area contributed by atoms with E-state index in [4.69, 9.17) is 16.6 Å². The van der Waals surface area contributed by atoms with Crippen molar-refractivity contribution in [3.63, 3.8) is 0 Å². The van der Waals surface area contributed by atoms with E-state index in [1.165, 1.54) is 0 Å². The van der Waals surface area contributed by atoms with Crippen LogP contribution in [0, 0.1) is 0 Å². The molecule has 116 valence electrons. The van der Waals surface area contributed by atoms with Crippen molar-refractivity contribution in [3.05, 3.63) is 29.8 Å². The van der Waals surface area contributed by atoms with Gasteiger partial charge in [0.15, 0.2) is 0 Å². The Balaban J connectivity index is 2.62. The first kappa shape index (κ1) is 16.9. The lowest BCUT2D eigenvalue weighted by Gasteiger charge is -2.16. The van der Waals surface area contributed by atoms with Crippen LogP contribution < -0.4 is 22.1 Å². The van der Waals surface area contributed by atoms with E-state index >= 15 is 0 Å². The normalized spacial score (nSPS) is 11.7. The van der Waals surface area contributed by atoms with Gasteiger partial charge in [-0.25, -0.2) is 4.79 Å². The van der Waals surface area contributed by atoms with Gasteiger partial charge in [0, 0.05) is 12.2 Å². The Hall–Kier alpha value is -2.12. The van der Waals surface area contributed by atoms with E-state index in [0.717, 1.165) is 12.0 Å². The van der Waals surface area contributed by atoms with Crippen molar-refractivity contribution >= 4 is 17.7 Å². The molecule has 7 nitrogen and oxygen atoms in total. The Morgan fingerprint density at radius 3 is 2.33 bits per heavy atom. The van der Waals surface area contributed by atoms with Crippen molar-refractivity contribution in [1.29, 1.82) is 0 Å². The summed E-state index contributed by atoms with van der Waals surface area (Å²) < 4.78 is 0. The van der Waals surface area contributed by atoms with Gasteiger partial charge in [0.2, 0.25) is 5.91 Å². The Labute approximate surface area is 123 Å². The molecular weight excluding hydrogens is 272 g/mol. The minimum absolute atomic E-state index is 0.380. The average molecular weight is 294 g/mol. The van der Waals surface area contributed by atoms with Gasteiger partial charge in [-0.2, -0.15) is 0 Å². The number of benzene rings is 1. The minimum atomic E-state index is -1.22. The number of amides is 2. The molecule has 0 aromatic heterocycles. The van der Waals surface area contributed by atoms with Gasteiger partial charge in [0.05, 0.1) is 0 Å². The number of hydrogen-bond donors (Lipinski definition) is 5. The first-order valence-electron chi connectivity index (χ1n) is 6.86. The van der Waals surface area contributed by atoms with Gasteiger partial charge in [-0.05, 0) is 43.5 Å². The molecule has 1 aromatic rings. The monoisotopic (exact) mass is 294 g/mol. The van der Waals surface area contributed by atoms with Gasteiger partial charge in [-0.15, -0.1) is 0 Å². The number of unbranched alkanes of at least 4 members (excludes halogenated alkanes) is 1. The van der Waals surface area contributed by atoms with Gasteiger partial charge >= 0.3 is 6.09 Å². The maximum absolute atomic E-state index is 12.1. The van der Waals surface area contributed by atoms with Crippen molar-refractivity contribution in [1.82, 2.24) is 5.32 Å². The number of carbonyl (C=O) groups excluding carboxylic acids is 1. The third kappa shape index (κ3) is 6.24. The van der Waals surface area contributed by atoms with Crippen LogP contribution in [0.2, 0.25) is 0 Å². The molecule has 2 amide bonds. The van der Waals surface area contributed by atoms with E-state index in [9.17, 15) is 9.59 Å². The third-order valence-electron chi connectivity index (χ3n) is 3.02. The summed E-state index contributed by atoms with van der Waals surface area (Å²) in [6.07, 6.45) is 0.620. The summed E-state index contributed by atoms with van der Waals surface area (Å²) in [4.78, 5) is 22.9. The molecule has 0 aliphatic heterocycles. The molecule has 1 atom stereocenters. The molecule has 7 heteroatoms. The second kappa shape index (κ2) is 8.93. The smallest absolute Gasteiger partial charge is 0.405 e. The summed E-state index contributed by atoms with van der Waals surface area (Å²) in [5, 5.41) is 13.7. The van der Waals surface area contributed by atoms with Gasteiger partial charge in [-0.3, -0.25) is 4.79 Å². The van der Waals surface area contributed by atoms with Crippen molar-refractivity contribution < 1.29 is 14.7 Å². The fourth-order valence-corrected chi connectivity index (χ4v) is 1.86. The summed E-state index contributed by atoms with van der Waals surface area (Å²) in [6, 6.07) is 6.30. The van der Waals surface area contributed by atoms with Gasteiger partial charge in [0.1, 0.15) is 6.04 Å². The summed E-state index contributed by atoms with van der Waals surface area (Å²) in [6.45, 7) is 0.943. The largest absolute Gasteiger partial charge is 0.465 e. The molecule has 0 saturated heterocycles. The van der Waals surface area contributed by atoms with Gasteiger partial charge in [0.25, 0.3) is 0 Å². The van der Waals surface area contributed by atoms with Crippen LogP contribution in [0.25, 0.3) is 0 Å². The highest BCUT2D eigenvalue weighted by atomic mass is 16.4. The number of hydrogen-bond acceptors (Lipinski definition) is 4. The number of anilines is 1. The Bertz CT molecular complexity index is 462. The summed E-state index contributed by atoms with van der Waals surface area (Å²) in [5.74, 6) is -0.380. The standard InChI is InChI=1S/C14H22N4O3/c15-8-2-1-3-12(18-14(20)21)13(19)17-11-6-4-10(9-16)5-7-11/h4-7,12,18H,1-3,8-9,15-16H2,(H,17,19)(H,20,21)/t12-/m0/s1. The molecule has 0 radical (unpaired) electrons. The van der Waals surface area contributed by atoms with Crippen LogP contribution in [0.3, 0.4) is 0 Å². The first-order chi connectivity index (χ1) is 10.1. The highest BCUT2D eigenvalue weighted by Crippen LogP contribution is 2.11. The molecule has 0 fully saturated rings. The lowest BCUT2D eigenvalue weighted by atomic mass is 10.1. The molecule has 1 rings (SSSR count). The number of carboxylic acid groups (broad SMARTS) is 1. The summed E-state index contributed by atoms with van der Waals surface area (Å²) >= 11 is 0. The van der Waals surface area contributed by atoms with Crippen LogP contribution in [0.1, 0.15) is 24.8 Å². The fraction of sp³-hybridized carbons (Fsp3) is 0.429. The zero-order chi connectivity index (χ0) is 15.7. The van der Waals surface area contributed by atoms with E-state index in [1.807, 2.05) is 12.1 Å². The molecule has 0 aliphatic rings. The van der Waals surface area contributed by atoms with Gasteiger partial charge < -0.3 is 27.2 Å². The Morgan fingerprint density at radius 1 is 1.14 bits per heavy atom. The zero-order valence-electron chi connectivity index (χ0n) is 11.8. The lowest BCUT2D eigenvalue weighted by Crippen LogP contribution is -2.43. The SMILES string of the molecule is NCCCC[C@H](NC(=O)O)C(=O)Nc1ccc(CN)cc1. The second-order valence-electron chi connectivity index (χ2n) is 4.68. The van der Waals surface area contributed by atoms with Gasteiger partial charge in [-0.1, -0.05) is 12.1 Å². The number of rotatable bonds is 8. The first-order valence-corrected chi connectivity index (χ1v) is 6.86. The minimum Gasteiger partial charge on any atom is -0.465 e. The van der Waals surface area contributed by atoms with Crippen LogP contribution in [-0.4, -0.2) is 29.7 Å². The zero-order valence-corrected chi connectivity index (χ0v) is 11.8. The Morgan fingerprint density at radius 2 is 1.81 bits per heavy atom. The van der Waals surface area contributed by atoms with Crippen molar-refractivity contribution in [2.75, 3.05) is 11.9 Å². The number of nitrogens with two attached hydrogens (primary N) is 2. The predicted molar refractivity (Wildman–Crippen MR) is 80.8 cm³/mol. The van der Waals surface area contributed by atoms with Crippen molar-refractivity contribution in [3.8, 4) is 0 Å². The molecule has 21 heavy (non-hydrogen) atoms. The predicted octanol–water partition coefficient (Wildman–Crippen LogP) is 0.849. The molecule has 0 aliphatic carbocycles. The number of nitrogens with one attached hydrogen (secondary N) is 2. The van der Waals surface area contributed by atoms with Crippen molar-refractivity contribution in [2.24, 2.45) is 11.5 Å². The molecule has 0 bridgehead atoms. The van der Waals surface area contributed by atoms with E-state index < -0.39 is 12.1 Å². The van der Waals surface area contributed by atoms with Crippen LogP contribution in [-0.2, 0) is 11.3 Å². The van der Waals surface area contributed by atoms with Crippen molar-refractivity contribution in [2.45, 2.75) is 31.8 Å². The maximum atomic E-state index is 12.1. The average Bonchev–Trinajstić information content (AvgIpc) is 2.46. The molecule has 0 spiro atoms. The van der Waals surface area contributed by atoms with Crippen LogP contribution in [0.15, 0.2) is 24.3 Å². The highest BCUT2D eigenvalue weighted by Gasteiger charge is 2.20. The maximum Gasteiger partial charge on any atom is 0.405 e. The third-order valence-corrected chi connectivity index (χ3v) is 3.02. The lowest BCUT2D eigenvalue weighted by molar-refractivity contribution is -0.118. The molecule has 0 unspecified atom stereocenters.